The summed E-state index contributed by atoms with van der Waals surface area (Å²) in [5, 5.41) is 59.8. The van der Waals surface area contributed by atoms with Gasteiger partial charge in [-0.15, -0.1) is 0 Å². The van der Waals surface area contributed by atoms with E-state index in [9.17, 15) is 52.7 Å². The van der Waals surface area contributed by atoms with E-state index in [4.69, 9.17) is 89.5 Å². The molecule has 0 atom stereocenters. The zero-order valence-electron chi connectivity index (χ0n) is 61.3. The summed E-state index contributed by atoms with van der Waals surface area (Å²) in [5.41, 5.74) is 8.59. The van der Waals surface area contributed by atoms with Crippen molar-refractivity contribution in [2.45, 2.75) is 184 Å². The van der Waals surface area contributed by atoms with Crippen LogP contribution < -0.4 is 42.5 Å². The van der Waals surface area contributed by atoms with Crippen molar-refractivity contribution < 1.29 is 109 Å². The Morgan fingerprint density at radius 3 is 0.734 bits per heavy atom. The van der Waals surface area contributed by atoms with Crippen LogP contribution in [0.15, 0.2) is 92.8 Å². The predicted molar refractivity (Wildman–Crippen MR) is 389 cm³/mol. The van der Waals surface area contributed by atoms with Crippen LogP contribution in [0.2, 0.25) is 0 Å². The molecule has 7 aromatic rings. The number of fused-ring (bicyclic) bond motifs is 20. The Bertz CT molecular complexity index is 4350. The van der Waals surface area contributed by atoms with Crippen molar-refractivity contribution in [3.8, 4) is 45.6 Å². The summed E-state index contributed by atoms with van der Waals surface area (Å²) < 4.78 is 127. The van der Waals surface area contributed by atoms with E-state index >= 15 is 0 Å². The fourth-order valence-corrected chi connectivity index (χ4v) is 9.20. The van der Waals surface area contributed by atoms with Crippen molar-refractivity contribution in [1.29, 1.82) is 0 Å². The van der Waals surface area contributed by atoms with Gasteiger partial charge in [0.25, 0.3) is 0 Å². The molecule has 0 unspecified atom stereocenters. The topological polar surface area (TPSA) is 404 Å². The van der Waals surface area contributed by atoms with E-state index in [2.05, 4.69) is 188 Å². The molecule has 0 fully saturated rings. The molecule has 109 heavy (non-hydrogen) atoms. The Morgan fingerprint density at radius 1 is 0.321 bits per heavy atom. The SMILES string of the molecule is CC(C)N=C(Nc1ccc2c(c1)-c1nc-2nc2[nH]c(nc3nc(nc4[nH]c(n1)c1ccc(NC(=NC(C)C)NC(C)C)cc41)-c1ccc(NC(=NC(C)C)NC(C)C)cc1-3)c1ccc(NC(=NC(C)C)NC(C)C)cc21)NC(C)C.O=C(O)C(F)(F)F.O=C(O)C(F)(F)F.O=C(O)C(F)(F)F.O=C(O)C(F)(F)F.[Co+2]. The number of rotatable bonds is 12. The number of anilines is 4. The molecule has 2 aliphatic rings. The maximum atomic E-state index is 10.6. The monoisotopic (exact) mass is 1590 g/mol. The number of carboxylic acids is 4. The fraction of sp³-hybridized carbons (Fsp3) is 0.412. The van der Waals surface area contributed by atoms with Crippen LogP contribution in [0.3, 0.4) is 0 Å². The van der Waals surface area contributed by atoms with E-state index in [-0.39, 0.29) is 65.1 Å². The molecular weight excluding hydrogens is 1510 g/mol. The molecule has 2 aliphatic heterocycles. The van der Waals surface area contributed by atoms with Gasteiger partial charge in [-0.05, 0) is 184 Å². The second-order valence-corrected chi connectivity index (χ2v) is 25.8. The number of nitrogens with one attached hydrogen (secondary N) is 10. The van der Waals surface area contributed by atoms with Crippen LogP contribution in [0.5, 0.6) is 0 Å². The number of aliphatic imine (C=N–C) groups is 4. The van der Waals surface area contributed by atoms with Crippen molar-refractivity contribution in [1.82, 2.24) is 61.1 Å². The van der Waals surface area contributed by atoms with Crippen molar-refractivity contribution in [2.24, 2.45) is 20.0 Å². The molecule has 0 spiro atoms. The number of hydrogen-bond acceptors (Lipinski definition) is 14. The van der Waals surface area contributed by atoms with Gasteiger partial charge in [0, 0.05) is 115 Å². The normalized spacial score (nSPS) is 12.6. The quantitative estimate of drug-likeness (QED) is 0.0307. The molecule has 0 saturated carbocycles. The maximum Gasteiger partial charge on any atom is 2.00 e. The number of carbonyl (C=O) groups is 4. The summed E-state index contributed by atoms with van der Waals surface area (Å²) in [7, 11) is 0. The van der Waals surface area contributed by atoms with Crippen LogP contribution in [0, 0.1) is 0 Å². The summed E-state index contributed by atoms with van der Waals surface area (Å²) in [6, 6.07) is 25.3. The van der Waals surface area contributed by atoms with Crippen LogP contribution >= 0.6 is 0 Å². The number of hydrogen-bond donors (Lipinski definition) is 14. The molecule has 0 aliphatic carbocycles. The second kappa shape index (κ2) is 38.1. The van der Waals surface area contributed by atoms with Crippen LogP contribution in [-0.4, -0.2) is 181 Å². The first-order valence-corrected chi connectivity index (χ1v) is 32.9. The standard InChI is InChI=1S/C60H78N20.4C2HF3O2.Co/c1-29(2)61-57(62-30(3)4)69-37-17-21-41-45(25-37)53-73-49(41)78-54-47-27-39(71-59(65-33(9)10)66-34(11)12)19-23-43(47)51(75-54)80-56-48-28-40(72-60(67-35(13)14)68-36(15)16)20-24-44(48)52(76-56)79-55-46-26-38(18-22-42(46)50(74-55)77-53)70-58(63-31(5)6)64-32(7)8;4*3-2(4,5)1(6)7;/h17-36H,1-16H3,(H2,61,62,69)(H2,63,64,70)(H2,65,66,71)(H2,67,68,72)(H2,73,74,75,76,77,78,79,80);4*(H,6,7);/q;;;;;+2. The fourth-order valence-electron chi connectivity index (χ4n) is 9.20. The van der Waals surface area contributed by atoms with E-state index in [0.717, 1.165) is 66.5 Å². The molecule has 593 valence electrons. The summed E-state index contributed by atoms with van der Waals surface area (Å²) in [6.45, 7) is 33.2. The number of benzene rings is 4. The van der Waals surface area contributed by atoms with Crippen molar-refractivity contribution in [3.63, 3.8) is 0 Å². The van der Waals surface area contributed by atoms with E-state index < -0.39 is 48.6 Å². The van der Waals surface area contributed by atoms with Gasteiger partial charge in [0.2, 0.25) is 0 Å². The number of carboxylic acid groups (broad SMARTS) is 4. The Hall–Kier alpha value is -11.1. The Kier molecular flexibility index (Phi) is 31.5. The van der Waals surface area contributed by atoms with Crippen molar-refractivity contribution >= 4 is 115 Å². The van der Waals surface area contributed by atoms with Crippen molar-refractivity contribution in [3.05, 3.63) is 72.8 Å². The molecule has 1 radical (unpaired) electrons. The number of H-pyrrole nitrogens is 2. The number of aliphatic carboxylic acids is 4. The minimum atomic E-state index is -5.08. The van der Waals surface area contributed by atoms with Gasteiger partial charge in [0.15, 0.2) is 47.1 Å². The van der Waals surface area contributed by atoms with Gasteiger partial charge in [-0.25, -0.2) is 49.1 Å². The third-order valence-corrected chi connectivity index (χ3v) is 13.1. The summed E-state index contributed by atoms with van der Waals surface area (Å²) in [6.07, 6.45) is -20.3. The number of guanidine groups is 4. The molecule has 0 amide bonds. The molecule has 14 N–H and O–H groups in total. The van der Waals surface area contributed by atoms with Gasteiger partial charge >= 0.3 is 65.4 Å². The smallest absolute Gasteiger partial charge is 0.475 e. The molecule has 5 heterocycles. The Balaban J connectivity index is 0.000000732. The second-order valence-electron chi connectivity index (χ2n) is 25.8. The van der Waals surface area contributed by atoms with Gasteiger partial charge < -0.3 is 72.9 Å². The zero-order chi connectivity index (χ0) is 81.4. The minimum absolute atomic E-state index is 0. The van der Waals surface area contributed by atoms with E-state index in [1.54, 1.807) is 0 Å². The molecule has 3 aromatic heterocycles. The van der Waals surface area contributed by atoms with Gasteiger partial charge in [-0.3, -0.25) is 20.0 Å². The predicted octanol–water partition coefficient (Wildman–Crippen LogP) is 14.1. The number of alkyl halides is 12. The van der Waals surface area contributed by atoms with Crippen molar-refractivity contribution in [2.75, 3.05) is 21.3 Å². The third-order valence-electron chi connectivity index (χ3n) is 13.1. The average Bonchev–Trinajstić information content (AvgIpc) is 1.60. The Labute approximate surface area is 625 Å². The maximum absolute atomic E-state index is 10.6. The van der Waals surface area contributed by atoms with E-state index in [1.165, 1.54) is 0 Å². The van der Waals surface area contributed by atoms with E-state index in [0.29, 0.717) is 69.7 Å². The van der Waals surface area contributed by atoms with Gasteiger partial charge in [0.1, 0.15) is 22.6 Å². The molecule has 9 rings (SSSR count). The minimum Gasteiger partial charge on any atom is -0.475 e. The number of aromatic amines is 2. The molecule has 0 saturated heterocycles. The van der Waals surface area contributed by atoms with Gasteiger partial charge in [-0.1, -0.05) is 0 Å². The largest absolute Gasteiger partial charge is 2.00 e. The first-order chi connectivity index (χ1) is 49.9. The molecule has 4 aromatic carbocycles. The Morgan fingerprint density at radius 2 is 0.523 bits per heavy atom. The number of aromatic nitrogens is 8. The van der Waals surface area contributed by atoms with Gasteiger partial charge in [-0.2, -0.15) is 52.7 Å². The molecule has 41 heteroatoms. The third kappa shape index (κ3) is 27.9. The summed E-state index contributed by atoms with van der Waals surface area (Å²) in [4.78, 5) is 94.4. The van der Waals surface area contributed by atoms with Crippen LogP contribution in [0.25, 0.3) is 89.7 Å². The summed E-state index contributed by atoms with van der Waals surface area (Å²) >= 11 is 0. The van der Waals surface area contributed by atoms with Crippen LogP contribution in [0.1, 0.15) is 111 Å². The van der Waals surface area contributed by atoms with Gasteiger partial charge in [0.05, 0.1) is 0 Å². The molecule has 28 nitrogen and oxygen atoms in total. The molecule has 8 bridgehead atoms. The first-order valence-electron chi connectivity index (χ1n) is 32.9. The van der Waals surface area contributed by atoms with Crippen LogP contribution in [-0.2, 0) is 36.0 Å². The van der Waals surface area contributed by atoms with Crippen LogP contribution in [0.4, 0.5) is 75.4 Å². The molecular formula is C68H82CoF12N20O8+2. The number of nitrogens with zero attached hydrogens (tertiary/aromatic N) is 10. The summed E-state index contributed by atoms with van der Waals surface area (Å²) in [5.74, 6) is -6.50. The zero-order valence-corrected chi connectivity index (χ0v) is 62.4. The first kappa shape index (κ1) is 90.3. The number of halogens is 12. The van der Waals surface area contributed by atoms with E-state index in [1.807, 2.05) is 48.5 Å². The average molecular weight is 1590 g/mol.